The molecule has 2 rings (SSSR count). The number of benzene rings is 1. The molecule has 0 aliphatic carbocycles. The van der Waals surface area contributed by atoms with Crippen molar-refractivity contribution in [2.45, 2.75) is 32.7 Å². The standard InChI is InChI=1S/C15H19ClFNO2/c1-2-5-15(14(19)20)6-7-18(10-15)9-11-8-12(16)3-4-13(11)17/h3-4,8H,2,5-7,9-10H2,1H3,(H,19,20). The van der Waals surface area contributed by atoms with Crippen molar-refractivity contribution in [3.8, 4) is 0 Å². The zero-order valence-corrected chi connectivity index (χ0v) is 12.3. The van der Waals surface area contributed by atoms with Gasteiger partial charge in [0.1, 0.15) is 5.82 Å². The molecule has 1 unspecified atom stereocenters. The van der Waals surface area contributed by atoms with Crippen LogP contribution in [0.15, 0.2) is 18.2 Å². The van der Waals surface area contributed by atoms with Gasteiger partial charge in [0.05, 0.1) is 5.41 Å². The smallest absolute Gasteiger partial charge is 0.310 e. The largest absolute Gasteiger partial charge is 0.481 e. The predicted molar refractivity (Wildman–Crippen MR) is 76.3 cm³/mol. The average Bonchev–Trinajstić information content (AvgIpc) is 2.79. The SMILES string of the molecule is CCCC1(C(=O)O)CCN(Cc2cc(Cl)ccc2F)C1. The van der Waals surface area contributed by atoms with E-state index in [4.69, 9.17) is 11.6 Å². The lowest BCUT2D eigenvalue weighted by Gasteiger charge is -2.24. The van der Waals surface area contributed by atoms with Crippen molar-refractivity contribution in [3.63, 3.8) is 0 Å². The van der Waals surface area contributed by atoms with Gasteiger partial charge in [-0.05, 0) is 37.6 Å². The van der Waals surface area contributed by atoms with E-state index in [1.54, 1.807) is 6.07 Å². The first-order valence-corrected chi connectivity index (χ1v) is 7.24. The minimum absolute atomic E-state index is 0.294. The van der Waals surface area contributed by atoms with E-state index in [9.17, 15) is 14.3 Å². The average molecular weight is 300 g/mol. The first-order valence-electron chi connectivity index (χ1n) is 6.86. The fourth-order valence-corrected chi connectivity index (χ4v) is 3.16. The van der Waals surface area contributed by atoms with Gasteiger partial charge in [-0.3, -0.25) is 9.69 Å². The van der Waals surface area contributed by atoms with Gasteiger partial charge in [-0.2, -0.15) is 0 Å². The summed E-state index contributed by atoms with van der Waals surface area (Å²) in [5.41, 5.74) is -0.153. The molecule has 0 aromatic heterocycles. The Balaban J connectivity index is 2.09. The summed E-state index contributed by atoms with van der Waals surface area (Å²) in [6.07, 6.45) is 2.13. The lowest BCUT2D eigenvalue weighted by atomic mass is 9.83. The van der Waals surface area contributed by atoms with E-state index in [2.05, 4.69) is 0 Å². The molecule has 1 heterocycles. The predicted octanol–water partition coefficient (Wildman–Crippen LogP) is 3.56. The van der Waals surface area contributed by atoms with E-state index in [1.165, 1.54) is 12.1 Å². The highest BCUT2D eigenvalue weighted by Gasteiger charge is 2.43. The molecular weight excluding hydrogens is 281 g/mol. The number of carboxylic acids is 1. The molecule has 0 bridgehead atoms. The van der Waals surface area contributed by atoms with Crippen molar-refractivity contribution in [1.82, 2.24) is 4.90 Å². The summed E-state index contributed by atoms with van der Waals surface area (Å²) in [6.45, 7) is 3.55. The number of carbonyl (C=O) groups is 1. The second-order valence-electron chi connectivity index (χ2n) is 5.53. The van der Waals surface area contributed by atoms with E-state index in [0.29, 0.717) is 43.1 Å². The van der Waals surface area contributed by atoms with E-state index < -0.39 is 11.4 Å². The highest BCUT2D eigenvalue weighted by Crippen LogP contribution is 2.36. The molecule has 0 saturated carbocycles. The molecular formula is C15H19ClFNO2. The van der Waals surface area contributed by atoms with Gasteiger partial charge in [-0.1, -0.05) is 24.9 Å². The van der Waals surface area contributed by atoms with Crippen LogP contribution >= 0.6 is 11.6 Å². The molecule has 1 aromatic carbocycles. The molecule has 1 saturated heterocycles. The summed E-state index contributed by atoms with van der Waals surface area (Å²) < 4.78 is 13.7. The van der Waals surface area contributed by atoms with Gasteiger partial charge in [0.2, 0.25) is 0 Å². The van der Waals surface area contributed by atoms with Crippen LogP contribution in [0, 0.1) is 11.2 Å². The van der Waals surface area contributed by atoms with Crippen molar-refractivity contribution in [3.05, 3.63) is 34.6 Å². The van der Waals surface area contributed by atoms with Crippen molar-refractivity contribution < 1.29 is 14.3 Å². The molecule has 1 aliphatic rings. The van der Waals surface area contributed by atoms with Crippen molar-refractivity contribution >= 4 is 17.6 Å². The van der Waals surface area contributed by atoms with E-state index >= 15 is 0 Å². The Morgan fingerprint density at radius 3 is 2.95 bits per heavy atom. The summed E-state index contributed by atoms with van der Waals surface area (Å²) in [7, 11) is 0. The van der Waals surface area contributed by atoms with Gasteiger partial charge in [0, 0.05) is 23.7 Å². The molecule has 1 N–H and O–H groups in total. The number of nitrogens with zero attached hydrogens (tertiary/aromatic N) is 1. The molecule has 1 aromatic rings. The highest BCUT2D eigenvalue weighted by molar-refractivity contribution is 6.30. The Bertz CT molecular complexity index is 509. The maximum Gasteiger partial charge on any atom is 0.310 e. The molecule has 1 aliphatic heterocycles. The fourth-order valence-electron chi connectivity index (χ4n) is 2.96. The quantitative estimate of drug-likeness (QED) is 0.904. The molecule has 1 atom stereocenters. The van der Waals surface area contributed by atoms with Gasteiger partial charge < -0.3 is 5.11 Å². The van der Waals surface area contributed by atoms with Gasteiger partial charge in [-0.15, -0.1) is 0 Å². The Hall–Kier alpha value is -1.13. The number of halogens is 2. The zero-order valence-electron chi connectivity index (χ0n) is 11.5. The molecule has 110 valence electrons. The number of likely N-dealkylation sites (tertiary alicyclic amines) is 1. The topological polar surface area (TPSA) is 40.5 Å². The van der Waals surface area contributed by atoms with Crippen LogP contribution in [0.5, 0.6) is 0 Å². The third-order valence-electron chi connectivity index (χ3n) is 4.02. The maximum atomic E-state index is 13.7. The van der Waals surface area contributed by atoms with Crippen molar-refractivity contribution in [1.29, 1.82) is 0 Å². The fraction of sp³-hybridized carbons (Fsp3) is 0.533. The van der Waals surface area contributed by atoms with Crippen molar-refractivity contribution in [2.24, 2.45) is 5.41 Å². The van der Waals surface area contributed by atoms with Crippen LogP contribution in [-0.4, -0.2) is 29.1 Å². The van der Waals surface area contributed by atoms with Gasteiger partial charge in [0.15, 0.2) is 0 Å². The Kier molecular flexibility index (Phi) is 4.66. The van der Waals surface area contributed by atoms with Crippen molar-refractivity contribution in [2.75, 3.05) is 13.1 Å². The molecule has 0 radical (unpaired) electrons. The molecule has 3 nitrogen and oxygen atoms in total. The lowest BCUT2D eigenvalue weighted by Crippen LogP contribution is -2.34. The minimum Gasteiger partial charge on any atom is -0.481 e. The normalized spacial score (nSPS) is 23.1. The second kappa shape index (κ2) is 6.10. The molecule has 1 fully saturated rings. The summed E-state index contributed by atoms with van der Waals surface area (Å²) >= 11 is 5.88. The zero-order chi connectivity index (χ0) is 14.8. The minimum atomic E-state index is -0.742. The summed E-state index contributed by atoms with van der Waals surface area (Å²) in [4.78, 5) is 13.5. The van der Waals surface area contributed by atoms with Gasteiger partial charge in [-0.25, -0.2) is 4.39 Å². The summed E-state index contributed by atoms with van der Waals surface area (Å²) in [5.74, 6) is -1.04. The molecule has 20 heavy (non-hydrogen) atoms. The number of hydrogen-bond donors (Lipinski definition) is 1. The van der Waals surface area contributed by atoms with Crippen LogP contribution in [0.3, 0.4) is 0 Å². The van der Waals surface area contributed by atoms with E-state index in [1.807, 2.05) is 11.8 Å². The van der Waals surface area contributed by atoms with Crippen LogP contribution in [0.25, 0.3) is 0 Å². The number of carboxylic acid groups (broad SMARTS) is 1. The van der Waals surface area contributed by atoms with E-state index in [0.717, 1.165) is 6.42 Å². The Morgan fingerprint density at radius 1 is 1.55 bits per heavy atom. The first-order chi connectivity index (χ1) is 9.47. The third-order valence-corrected chi connectivity index (χ3v) is 4.25. The molecule has 5 heteroatoms. The van der Waals surface area contributed by atoms with E-state index in [-0.39, 0.29) is 5.82 Å². The molecule has 0 amide bonds. The lowest BCUT2D eigenvalue weighted by molar-refractivity contribution is -0.148. The highest BCUT2D eigenvalue weighted by atomic mass is 35.5. The third kappa shape index (κ3) is 3.13. The first kappa shape index (κ1) is 15.3. The maximum absolute atomic E-state index is 13.7. The van der Waals surface area contributed by atoms with Gasteiger partial charge >= 0.3 is 5.97 Å². The molecule has 0 spiro atoms. The number of hydrogen-bond acceptors (Lipinski definition) is 2. The Labute approximate surface area is 123 Å². The van der Waals surface area contributed by atoms with Crippen LogP contribution < -0.4 is 0 Å². The van der Waals surface area contributed by atoms with Crippen LogP contribution in [0.2, 0.25) is 5.02 Å². The number of aliphatic carboxylic acids is 1. The summed E-state index contributed by atoms with van der Waals surface area (Å²) in [6, 6.07) is 4.48. The second-order valence-corrected chi connectivity index (χ2v) is 5.97. The summed E-state index contributed by atoms with van der Waals surface area (Å²) in [5, 5.41) is 9.95. The van der Waals surface area contributed by atoms with Crippen LogP contribution in [0.4, 0.5) is 4.39 Å². The monoisotopic (exact) mass is 299 g/mol. The van der Waals surface area contributed by atoms with Crippen LogP contribution in [0.1, 0.15) is 31.7 Å². The van der Waals surface area contributed by atoms with Gasteiger partial charge in [0.25, 0.3) is 0 Å². The number of rotatable bonds is 5. The Morgan fingerprint density at radius 2 is 2.30 bits per heavy atom. The van der Waals surface area contributed by atoms with Crippen LogP contribution in [-0.2, 0) is 11.3 Å².